The lowest BCUT2D eigenvalue weighted by Crippen LogP contribution is -2.16. The van der Waals surface area contributed by atoms with Gasteiger partial charge in [-0.3, -0.25) is 5.01 Å². The minimum absolute atomic E-state index is 0.0149. The summed E-state index contributed by atoms with van der Waals surface area (Å²) in [6.07, 6.45) is 6.61. The number of esters is 6. The highest BCUT2D eigenvalue weighted by Gasteiger charge is 2.24. The predicted octanol–water partition coefficient (Wildman–Crippen LogP) is 15.5. The van der Waals surface area contributed by atoms with E-state index in [2.05, 4.69) is 94.5 Å². The first kappa shape index (κ1) is 82.9. The maximum Gasteiger partial charge on any atom is 0.338 e. The van der Waals surface area contributed by atoms with E-state index >= 15 is 0 Å². The van der Waals surface area contributed by atoms with Crippen LogP contribution in [0.2, 0.25) is 19.6 Å². The van der Waals surface area contributed by atoms with Crippen LogP contribution in [-0.2, 0) is 28.4 Å². The van der Waals surface area contributed by atoms with Gasteiger partial charge in [0.25, 0.3) is 0 Å². The van der Waals surface area contributed by atoms with Crippen LogP contribution in [0.25, 0.3) is 67.8 Å². The van der Waals surface area contributed by atoms with Crippen LogP contribution in [0.3, 0.4) is 0 Å². The van der Waals surface area contributed by atoms with E-state index in [9.17, 15) is 28.8 Å². The van der Waals surface area contributed by atoms with Crippen molar-refractivity contribution in [3.63, 3.8) is 0 Å². The van der Waals surface area contributed by atoms with Crippen molar-refractivity contribution in [1.82, 2.24) is 65.0 Å². The number of rotatable bonds is 30. The van der Waals surface area contributed by atoms with Crippen LogP contribution in [0, 0.1) is 58.8 Å². The fraction of sp³-hybridized carbons (Fsp3) is 0.365. The monoisotopic (exact) mass is 1550 g/mol. The zero-order valence-corrected chi connectivity index (χ0v) is 67.9. The standard InChI is InChI=1S/C85H95N15O12Si/c1-18-96(19-2)91-86-71-34-62(31-68(35-71)83(104)110-49-55(9)10)77-43-100(95-88-77)75-37-64(33-70(41-75)85(106)112-51-57(13)14)78-44-97(92-89-78)72-28-59(26-66(38-72)81(102)108-47-53(5)6)21-20-58-24-61(30-65(25-58)80(101)107-46-52(3)4)76-42-99(94-87-76)74-36-63(32-69(40-74)84(105)111-50-56(11)12)79-45-98(93-90-79)73-29-60(22-23-113(15,16)17)27-67(39-73)82(103)109-48-54(7)8/h24-45,52-57H,18-19,46-51H2,1-17H3. The van der Waals surface area contributed by atoms with Gasteiger partial charge in [0.15, 0.2) is 0 Å². The Morgan fingerprint density at radius 3 is 0.929 bits per heavy atom. The molecule has 0 spiro atoms. The number of carbonyl (C=O) groups excluding carboxylic acids is 6. The SMILES string of the molecule is CCN(CC)N=Nc1cc(C(=O)OCC(C)C)cc(-c2cn(-c3cc(C(=O)OCC(C)C)cc(-c4cn(-c5cc(C#Cc6cc(C(=O)OCC(C)C)cc(-c7cn(-c8cc(C(=O)OCC(C)C)cc(-c9cn(-c%10cc(C#C[Si](C)(C)C)cc(C(=O)OCC(C)C)c%10)nn9)c8)nn7)c6)cc(C(=O)OCC(C)C)c5)nn4)c3)nn2)c1. The molecule has 0 bridgehead atoms. The summed E-state index contributed by atoms with van der Waals surface area (Å²) >= 11 is 0. The molecule has 10 aromatic rings. The van der Waals surface area contributed by atoms with Crippen molar-refractivity contribution in [2.75, 3.05) is 52.7 Å². The van der Waals surface area contributed by atoms with Gasteiger partial charge >= 0.3 is 35.8 Å². The molecule has 0 saturated carbocycles. The molecule has 0 radical (unpaired) electrons. The summed E-state index contributed by atoms with van der Waals surface area (Å²) < 4.78 is 40.3. The van der Waals surface area contributed by atoms with E-state index in [0.717, 1.165) is 0 Å². The Kier molecular flexibility index (Phi) is 27.5. The fourth-order valence-corrected chi connectivity index (χ4v) is 11.2. The Labute approximate surface area is 658 Å². The van der Waals surface area contributed by atoms with Gasteiger partial charge in [-0.25, -0.2) is 47.5 Å². The predicted molar refractivity (Wildman–Crippen MR) is 429 cm³/mol. The van der Waals surface area contributed by atoms with E-state index in [1.807, 2.05) is 103 Å². The summed E-state index contributed by atoms with van der Waals surface area (Å²) in [5.41, 5.74) is 11.2. The van der Waals surface area contributed by atoms with Crippen LogP contribution < -0.4 is 0 Å². The van der Waals surface area contributed by atoms with E-state index in [0.29, 0.717) is 109 Å². The summed E-state index contributed by atoms with van der Waals surface area (Å²) in [6.45, 7) is 35.8. The molecule has 10 rings (SSSR count). The van der Waals surface area contributed by atoms with E-state index in [4.69, 9.17) is 28.4 Å². The molecule has 113 heavy (non-hydrogen) atoms. The molecule has 0 aliphatic carbocycles. The van der Waals surface area contributed by atoms with Crippen LogP contribution >= 0.6 is 0 Å². The van der Waals surface area contributed by atoms with Crippen LogP contribution in [-0.4, -0.2) is 162 Å². The second-order valence-corrected chi connectivity index (χ2v) is 35.6. The molecule has 0 N–H and O–H groups in total. The molecule has 0 unspecified atom stereocenters. The van der Waals surface area contributed by atoms with Gasteiger partial charge in [0.05, 0.1) is 126 Å². The molecule has 27 nitrogen and oxygen atoms in total. The smallest absolute Gasteiger partial charge is 0.338 e. The Morgan fingerprint density at radius 1 is 0.354 bits per heavy atom. The number of hydrogen-bond donors (Lipinski definition) is 0. The third-order valence-corrected chi connectivity index (χ3v) is 17.3. The first-order chi connectivity index (χ1) is 53.8. The average Bonchev–Trinajstić information content (AvgIpc) is 1.72. The highest BCUT2D eigenvalue weighted by atomic mass is 28.3. The lowest BCUT2D eigenvalue weighted by molar-refractivity contribution is 0.0450. The zero-order chi connectivity index (χ0) is 81.4. The summed E-state index contributed by atoms with van der Waals surface area (Å²) in [7, 11) is -1.83. The van der Waals surface area contributed by atoms with E-state index in [1.54, 1.807) is 133 Å². The van der Waals surface area contributed by atoms with Gasteiger partial charge in [0.2, 0.25) is 0 Å². The number of hydrogen-bond acceptors (Lipinski definition) is 22. The molecule has 4 aromatic heterocycles. The van der Waals surface area contributed by atoms with E-state index < -0.39 is 43.9 Å². The second kappa shape index (κ2) is 37.4. The van der Waals surface area contributed by atoms with E-state index in [1.165, 1.54) is 18.7 Å². The van der Waals surface area contributed by atoms with Crippen LogP contribution in [0.5, 0.6) is 0 Å². The molecule has 28 heteroatoms. The number of benzene rings is 6. The molecule has 0 saturated heterocycles. The molecule has 6 aromatic carbocycles. The Hall–Kier alpha value is -12.6. The number of ether oxygens (including phenoxy) is 6. The maximum atomic E-state index is 14.0. The molecular formula is C85H95N15O12Si. The Bertz CT molecular complexity index is 5300. The van der Waals surface area contributed by atoms with Crippen LogP contribution in [0.4, 0.5) is 5.69 Å². The first-order valence-electron chi connectivity index (χ1n) is 37.7. The highest BCUT2D eigenvalue weighted by molar-refractivity contribution is 6.83. The van der Waals surface area contributed by atoms with Crippen molar-refractivity contribution in [3.8, 4) is 91.1 Å². The average molecular weight is 1550 g/mol. The van der Waals surface area contributed by atoms with Crippen molar-refractivity contribution < 1.29 is 57.2 Å². The molecule has 0 aliphatic rings. The third kappa shape index (κ3) is 23.3. The molecular weight excluding hydrogens is 1450 g/mol. The van der Waals surface area contributed by atoms with Crippen molar-refractivity contribution in [1.29, 1.82) is 0 Å². The number of carbonyl (C=O) groups is 6. The maximum absolute atomic E-state index is 14.0. The summed E-state index contributed by atoms with van der Waals surface area (Å²) in [5, 5.41) is 46.9. The largest absolute Gasteiger partial charge is 0.462 e. The summed E-state index contributed by atoms with van der Waals surface area (Å²) in [5.74, 6) is 6.55. The minimum atomic E-state index is -1.83. The van der Waals surface area contributed by atoms with Gasteiger partial charge in [0.1, 0.15) is 30.8 Å². The van der Waals surface area contributed by atoms with Gasteiger partial charge in [-0.2, -0.15) is 0 Å². The van der Waals surface area contributed by atoms with Gasteiger partial charge in [0, 0.05) is 52.0 Å². The van der Waals surface area contributed by atoms with Gasteiger partial charge in [-0.15, -0.1) is 31.1 Å². The van der Waals surface area contributed by atoms with Gasteiger partial charge < -0.3 is 28.4 Å². The number of nitrogens with zero attached hydrogens (tertiary/aromatic N) is 15. The van der Waals surface area contributed by atoms with Crippen molar-refractivity contribution in [3.05, 3.63) is 184 Å². The molecule has 0 fully saturated rings. The molecule has 0 atom stereocenters. The lowest BCUT2D eigenvalue weighted by atomic mass is 10.0. The Morgan fingerprint density at radius 2 is 0.619 bits per heavy atom. The van der Waals surface area contributed by atoms with Crippen molar-refractivity contribution in [2.45, 2.75) is 117 Å². The van der Waals surface area contributed by atoms with E-state index in [-0.39, 0.29) is 103 Å². The topological polar surface area (TPSA) is 309 Å². The number of aromatic nitrogens is 12. The van der Waals surface area contributed by atoms with Crippen LogP contribution in [0.15, 0.2) is 144 Å². The normalized spacial score (nSPS) is 11.5. The van der Waals surface area contributed by atoms with Crippen LogP contribution in [0.1, 0.15) is 176 Å². The van der Waals surface area contributed by atoms with Gasteiger partial charge in [-0.05, 0) is 159 Å². The van der Waals surface area contributed by atoms with Crippen molar-refractivity contribution >= 4 is 49.6 Å². The van der Waals surface area contributed by atoms with Gasteiger partial charge in [-0.1, -0.05) is 147 Å². The third-order valence-electron chi connectivity index (χ3n) is 16.4. The second-order valence-electron chi connectivity index (χ2n) is 30.9. The summed E-state index contributed by atoms with van der Waals surface area (Å²) in [6, 6.07) is 30.1. The molecule has 0 amide bonds. The zero-order valence-electron chi connectivity index (χ0n) is 66.9. The molecule has 4 heterocycles. The summed E-state index contributed by atoms with van der Waals surface area (Å²) in [4.78, 5) is 82.8. The molecule has 586 valence electrons. The van der Waals surface area contributed by atoms with Crippen molar-refractivity contribution in [2.24, 2.45) is 45.8 Å². The first-order valence-corrected chi connectivity index (χ1v) is 41.2. The fourth-order valence-electron chi connectivity index (χ4n) is 10.7. The quantitative estimate of drug-likeness (QED) is 0.0101. The lowest BCUT2D eigenvalue weighted by Gasteiger charge is -2.12. The Balaban J connectivity index is 1.01. The minimum Gasteiger partial charge on any atom is -0.462 e. The highest BCUT2D eigenvalue weighted by Crippen LogP contribution is 2.32. The molecule has 0 aliphatic heterocycles.